The molecule has 0 spiro atoms. The van der Waals surface area contributed by atoms with Crippen molar-refractivity contribution in [1.82, 2.24) is 20.3 Å². The van der Waals surface area contributed by atoms with E-state index in [1.165, 1.54) is 12.4 Å². The molecule has 0 bridgehead atoms. The number of benzene rings is 2. The van der Waals surface area contributed by atoms with Crippen molar-refractivity contribution in [2.75, 3.05) is 11.1 Å². The van der Waals surface area contributed by atoms with E-state index in [4.69, 9.17) is 5.73 Å². The Morgan fingerprint density at radius 2 is 1.71 bits per heavy atom. The van der Waals surface area contributed by atoms with Crippen LogP contribution in [0.3, 0.4) is 0 Å². The lowest BCUT2D eigenvalue weighted by atomic mass is 10.1. The van der Waals surface area contributed by atoms with Crippen molar-refractivity contribution >= 4 is 55.7 Å². The average Bonchev–Trinajstić information content (AvgIpc) is 3.48. The van der Waals surface area contributed by atoms with Gasteiger partial charge in [-0.3, -0.25) is 4.79 Å². The van der Waals surface area contributed by atoms with Crippen molar-refractivity contribution in [3.8, 4) is 10.4 Å². The van der Waals surface area contributed by atoms with Gasteiger partial charge in [0.1, 0.15) is 18.0 Å². The van der Waals surface area contributed by atoms with E-state index >= 15 is 0 Å². The normalized spacial score (nSPS) is 10.2. The molecule has 0 fully saturated rings. The minimum absolute atomic E-state index is 0.0393. The number of aromatic nitrogens is 3. The molecule has 0 atom stereocenters. The molecule has 0 aliphatic heterocycles. The fourth-order valence-corrected chi connectivity index (χ4v) is 4.98. The summed E-state index contributed by atoms with van der Waals surface area (Å²) < 4.78 is 27.3. The van der Waals surface area contributed by atoms with Gasteiger partial charge in [-0.2, -0.15) is 0 Å². The van der Waals surface area contributed by atoms with Gasteiger partial charge in [-0.05, 0) is 69.5 Å². The number of amides is 1. The lowest BCUT2D eigenvalue weighted by Gasteiger charge is -2.12. The largest absolute Gasteiger partial charge is 0.383 e. The molecule has 41 heavy (non-hydrogen) atoms. The number of nitrogens with one attached hydrogen (secondary N) is 2. The van der Waals surface area contributed by atoms with Gasteiger partial charge in [0, 0.05) is 32.4 Å². The second-order valence-electron chi connectivity index (χ2n) is 8.09. The molecule has 2 aromatic carbocycles. The molecule has 11 heteroatoms. The third kappa shape index (κ3) is 8.05. The van der Waals surface area contributed by atoms with Gasteiger partial charge >= 0.3 is 0 Å². The Labute approximate surface area is 250 Å². The summed E-state index contributed by atoms with van der Waals surface area (Å²) in [4.78, 5) is 27.6. The SMILES string of the molecule is CC.CC.Nc1ncnc2ccc(-c3ccc(CNc4ncc(Br)cc4C(=O)NCc4ccc(F)c(F)c4)s3)cc12. The van der Waals surface area contributed by atoms with Crippen molar-refractivity contribution in [3.63, 3.8) is 0 Å². The first-order valence-electron chi connectivity index (χ1n) is 13.1. The van der Waals surface area contributed by atoms with Crippen LogP contribution in [0.2, 0.25) is 0 Å². The molecule has 3 heterocycles. The number of thiophene rings is 1. The van der Waals surface area contributed by atoms with Gasteiger partial charge < -0.3 is 16.4 Å². The van der Waals surface area contributed by atoms with Gasteiger partial charge in [-0.15, -0.1) is 11.3 Å². The summed E-state index contributed by atoms with van der Waals surface area (Å²) >= 11 is 4.95. The molecule has 5 aromatic rings. The number of pyridine rings is 1. The van der Waals surface area contributed by atoms with Crippen LogP contribution in [0.5, 0.6) is 0 Å². The lowest BCUT2D eigenvalue weighted by molar-refractivity contribution is 0.0951. The number of nitrogen functional groups attached to an aromatic ring is 1. The fraction of sp³-hybridized carbons (Fsp3) is 0.200. The van der Waals surface area contributed by atoms with Gasteiger partial charge in [0.05, 0.1) is 17.6 Å². The van der Waals surface area contributed by atoms with E-state index in [0.29, 0.717) is 33.8 Å². The van der Waals surface area contributed by atoms with Crippen LogP contribution in [0.4, 0.5) is 20.4 Å². The van der Waals surface area contributed by atoms with Crippen LogP contribution in [0, 0.1) is 11.6 Å². The van der Waals surface area contributed by atoms with E-state index in [0.717, 1.165) is 38.4 Å². The molecule has 0 unspecified atom stereocenters. The zero-order valence-corrected chi connectivity index (χ0v) is 25.5. The number of nitrogens with zero attached hydrogens (tertiary/aromatic N) is 3. The monoisotopic (exact) mass is 640 g/mol. The Hall–Kier alpha value is -3.96. The number of nitrogens with two attached hydrogens (primary N) is 1. The quantitative estimate of drug-likeness (QED) is 0.167. The summed E-state index contributed by atoms with van der Waals surface area (Å²) in [6.45, 7) is 8.49. The van der Waals surface area contributed by atoms with Gasteiger partial charge in [0.25, 0.3) is 5.91 Å². The highest BCUT2D eigenvalue weighted by molar-refractivity contribution is 9.10. The molecule has 0 aliphatic carbocycles. The van der Waals surface area contributed by atoms with E-state index in [-0.39, 0.29) is 6.54 Å². The first-order valence-corrected chi connectivity index (χ1v) is 14.7. The molecule has 4 N–H and O–H groups in total. The summed E-state index contributed by atoms with van der Waals surface area (Å²) in [6.07, 6.45) is 3.04. The number of fused-ring (bicyclic) bond motifs is 1. The van der Waals surface area contributed by atoms with Gasteiger partial charge in [-0.25, -0.2) is 23.7 Å². The number of rotatable bonds is 7. The highest BCUT2D eigenvalue weighted by atomic mass is 79.9. The number of carbonyl (C=O) groups is 1. The van der Waals surface area contributed by atoms with Gasteiger partial charge in [0.2, 0.25) is 0 Å². The van der Waals surface area contributed by atoms with Crippen molar-refractivity contribution in [2.24, 2.45) is 0 Å². The molecule has 1 amide bonds. The Morgan fingerprint density at radius 3 is 2.46 bits per heavy atom. The second kappa shape index (κ2) is 15.2. The summed E-state index contributed by atoms with van der Waals surface area (Å²) in [7, 11) is 0. The van der Waals surface area contributed by atoms with Gasteiger partial charge in [-0.1, -0.05) is 39.8 Å². The number of carbonyl (C=O) groups excluding carboxylic acids is 1. The number of halogens is 3. The van der Waals surface area contributed by atoms with Crippen LogP contribution >= 0.6 is 27.3 Å². The zero-order valence-electron chi connectivity index (χ0n) is 23.1. The Kier molecular flexibility index (Phi) is 11.7. The smallest absolute Gasteiger partial charge is 0.255 e. The minimum Gasteiger partial charge on any atom is -0.383 e. The molecule has 0 saturated heterocycles. The highest BCUT2D eigenvalue weighted by Gasteiger charge is 2.15. The van der Waals surface area contributed by atoms with Crippen molar-refractivity contribution in [2.45, 2.75) is 40.8 Å². The van der Waals surface area contributed by atoms with Crippen molar-refractivity contribution in [1.29, 1.82) is 0 Å². The summed E-state index contributed by atoms with van der Waals surface area (Å²) in [5, 5.41) is 6.75. The standard InChI is InChI=1S/C26H19BrF2N6OS.2C2H6/c27-16-9-19(26(36)33-10-14-1-4-20(28)21(29)7-14)25(31-11-16)32-12-17-3-6-23(37-17)15-2-5-22-18(8-15)24(30)35-13-34-22;2*1-2/h1-9,11,13H,10,12H2,(H,31,32)(H,33,36)(H2,30,34,35);2*1-2H3. The third-order valence-electron chi connectivity index (χ3n) is 5.58. The average molecular weight is 642 g/mol. The van der Waals surface area contributed by atoms with Crippen LogP contribution in [-0.4, -0.2) is 20.9 Å². The first kappa shape index (κ1) is 31.6. The van der Waals surface area contributed by atoms with Crippen LogP contribution in [0.1, 0.15) is 48.5 Å². The molecule has 5 rings (SSSR count). The van der Waals surface area contributed by atoms with Crippen LogP contribution < -0.4 is 16.4 Å². The van der Waals surface area contributed by atoms with Crippen LogP contribution in [0.25, 0.3) is 21.3 Å². The topological polar surface area (TPSA) is 106 Å². The van der Waals surface area contributed by atoms with E-state index in [1.54, 1.807) is 23.6 Å². The molecular formula is C30H31BrF2N6OS. The van der Waals surface area contributed by atoms with E-state index in [9.17, 15) is 13.6 Å². The van der Waals surface area contributed by atoms with E-state index < -0.39 is 17.5 Å². The highest BCUT2D eigenvalue weighted by Crippen LogP contribution is 2.31. The zero-order chi connectivity index (χ0) is 29.9. The fourth-order valence-electron chi connectivity index (χ4n) is 3.71. The maximum Gasteiger partial charge on any atom is 0.255 e. The second-order valence-corrected chi connectivity index (χ2v) is 10.2. The maximum atomic E-state index is 13.5. The predicted molar refractivity (Wildman–Crippen MR) is 167 cm³/mol. The Morgan fingerprint density at radius 1 is 0.927 bits per heavy atom. The minimum atomic E-state index is -0.964. The van der Waals surface area contributed by atoms with E-state index in [2.05, 4.69) is 41.5 Å². The maximum absolute atomic E-state index is 13.5. The lowest BCUT2D eigenvalue weighted by Crippen LogP contribution is -2.24. The molecule has 0 radical (unpaired) electrons. The van der Waals surface area contributed by atoms with Gasteiger partial charge in [0.15, 0.2) is 11.6 Å². The van der Waals surface area contributed by atoms with Crippen LogP contribution in [-0.2, 0) is 13.1 Å². The molecular weight excluding hydrogens is 610 g/mol. The molecule has 3 aromatic heterocycles. The molecule has 0 saturated carbocycles. The molecule has 0 aliphatic rings. The third-order valence-corrected chi connectivity index (χ3v) is 7.15. The van der Waals surface area contributed by atoms with Crippen LogP contribution in [0.15, 0.2) is 71.6 Å². The van der Waals surface area contributed by atoms with E-state index in [1.807, 2.05) is 58.0 Å². The predicted octanol–water partition coefficient (Wildman–Crippen LogP) is 7.97. The number of anilines is 2. The molecule has 7 nitrogen and oxygen atoms in total. The summed E-state index contributed by atoms with van der Waals surface area (Å²) in [5.41, 5.74) is 8.55. The summed E-state index contributed by atoms with van der Waals surface area (Å²) in [5.74, 6) is -1.47. The van der Waals surface area contributed by atoms with Crippen molar-refractivity contribution < 1.29 is 13.6 Å². The molecule has 214 valence electrons. The summed E-state index contributed by atoms with van der Waals surface area (Å²) in [6, 6.07) is 15.1. The number of hydrogen-bond donors (Lipinski definition) is 3. The first-order chi connectivity index (χ1) is 19.9. The Balaban J connectivity index is 0.00000111. The Bertz CT molecular complexity index is 1630. The van der Waals surface area contributed by atoms with Crippen molar-refractivity contribution in [3.05, 3.63) is 99.2 Å². The number of hydrogen-bond acceptors (Lipinski definition) is 7.